The number of nitrogens with one attached hydrogen (secondary N) is 2. The average molecular weight is 271 g/mol. The number of anilines is 2. The van der Waals surface area contributed by atoms with Crippen LogP contribution in [0.4, 0.5) is 11.8 Å². The van der Waals surface area contributed by atoms with Gasteiger partial charge in [-0.15, -0.1) is 11.3 Å². The third-order valence-corrected chi connectivity index (χ3v) is 3.54. The van der Waals surface area contributed by atoms with Crippen LogP contribution in [0.25, 0.3) is 10.2 Å². The lowest BCUT2D eigenvalue weighted by Gasteiger charge is -2.08. The highest BCUT2D eigenvalue weighted by atomic mass is 32.1. The van der Waals surface area contributed by atoms with Crippen LogP contribution in [0, 0.1) is 0 Å². The molecule has 3 aromatic heterocycles. The molecule has 0 amide bonds. The molecule has 0 aliphatic heterocycles. The Morgan fingerprint density at radius 2 is 2.21 bits per heavy atom. The van der Waals surface area contributed by atoms with Crippen molar-refractivity contribution in [3.8, 4) is 0 Å². The number of nitrogens with zero attached hydrogens (tertiary/aromatic N) is 3. The summed E-state index contributed by atoms with van der Waals surface area (Å²) >= 11 is 1.61. The third-order valence-electron chi connectivity index (χ3n) is 2.73. The Bertz CT molecular complexity index is 680. The molecule has 0 aliphatic carbocycles. The minimum Gasteiger partial charge on any atom is -0.365 e. The number of fused-ring (bicyclic) bond motifs is 1. The fourth-order valence-corrected chi connectivity index (χ4v) is 2.55. The number of hydrogen-bond acceptors (Lipinski definition) is 6. The van der Waals surface area contributed by atoms with Gasteiger partial charge in [0.1, 0.15) is 10.6 Å². The van der Waals surface area contributed by atoms with E-state index in [1.807, 2.05) is 36.8 Å². The van der Waals surface area contributed by atoms with Crippen LogP contribution in [0.3, 0.4) is 0 Å². The Labute approximate surface area is 114 Å². The van der Waals surface area contributed by atoms with Crippen LogP contribution in [0.15, 0.2) is 36.0 Å². The molecular weight excluding hydrogens is 258 g/mol. The van der Waals surface area contributed by atoms with Gasteiger partial charge >= 0.3 is 0 Å². The lowest BCUT2D eigenvalue weighted by molar-refractivity contribution is 1.08. The van der Waals surface area contributed by atoms with E-state index in [0.717, 1.165) is 21.6 Å². The molecular formula is C13H13N5S. The van der Waals surface area contributed by atoms with Gasteiger partial charge in [0.25, 0.3) is 0 Å². The van der Waals surface area contributed by atoms with E-state index in [9.17, 15) is 0 Å². The zero-order valence-corrected chi connectivity index (χ0v) is 11.2. The standard InChI is InChI=1S/C13H13N5S/c1-14-13-17-11(10-4-6-19-12(10)18-13)16-8-9-3-2-5-15-7-9/h2-7H,8H2,1H3,(H2,14,16,17,18). The SMILES string of the molecule is CNc1nc(NCc2cccnc2)c2ccsc2n1. The molecule has 0 radical (unpaired) electrons. The van der Waals surface area contributed by atoms with E-state index < -0.39 is 0 Å². The summed E-state index contributed by atoms with van der Waals surface area (Å²) < 4.78 is 0. The summed E-state index contributed by atoms with van der Waals surface area (Å²) in [4.78, 5) is 14.0. The topological polar surface area (TPSA) is 62.7 Å². The second-order valence-electron chi connectivity index (χ2n) is 4.00. The van der Waals surface area contributed by atoms with Crippen LogP contribution in [0.5, 0.6) is 0 Å². The molecule has 2 N–H and O–H groups in total. The Balaban J connectivity index is 1.89. The summed E-state index contributed by atoms with van der Waals surface area (Å²) in [5, 5.41) is 9.39. The summed E-state index contributed by atoms with van der Waals surface area (Å²) in [5.74, 6) is 1.48. The van der Waals surface area contributed by atoms with Crippen molar-refractivity contribution in [1.29, 1.82) is 0 Å². The fraction of sp³-hybridized carbons (Fsp3) is 0.154. The second kappa shape index (κ2) is 5.19. The molecule has 0 atom stereocenters. The van der Waals surface area contributed by atoms with Gasteiger partial charge in [0.15, 0.2) is 0 Å². The van der Waals surface area contributed by atoms with Crippen LogP contribution in [0.2, 0.25) is 0 Å². The molecule has 3 aromatic rings. The lowest BCUT2D eigenvalue weighted by Crippen LogP contribution is -2.05. The second-order valence-corrected chi connectivity index (χ2v) is 4.89. The van der Waals surface area contributed by atoms with Gasteiger partial charge in [0.05, 0.1) is 5.39 Å². The molecule has 0 saturated heterocycles. The van der Waals surface area contributed by atoms with Gasteiger partial charge in [0.2, 0.25) is 5.95 Å². The number of rotatable bonds is 4. The molecule has 0 spiro atoms. The van der Waals surface area contributed by atoms with Crippen LogP contribution < -0.4 is 10.6 Å². The van der Waals surface area contributed by atoms with Crippen LogP contribution in [-0.4, -0.2) is 22.0 Å². The van der Waals surface area contributed by atoms with Crippen molar-refractivity contribution in [1.82, 2.24) is 15.0 Å². The molecule has 3 heterocycles. The van der Waals surface area contributed by atoms with Crippen LogP contribution >= 0.6 is 11.3 Å². The predicted octanol–water partition coefficient (Wildman–Crippen LogP) is 2.74. The van der Waals surface area contributed by atoms with Gasteiger partial charge in [-0.1, -0.05) is 6.07 Å². The molecule has 3 rings (SSSR count). The van der Waals surface area contributed by atoms with Crippen molar-refractivity contribution in [3.63, 3.8) is 0 Å². The summed E-state index contributed by atoms with van der Waals surface area (Å²) in [6.45, 7) is 0.693. The zero-order valence-electron chi connectivity index (χ0n) is 10.4. The Morgan fingerprint density at radius 1 is 1.26 bits per heavy atom. The van der Waals surface area contributed by atoms with Crippen molar-refractivity contribution in [2.45, 2.75) is 6.54 Å². The normalized spacial score (nSPS) is 10.6. The van der Waals surface area contributed by atoms with Crippen molar-refractivity contribution in [2.75, 3.05) is 17.7 Å². The van der Waals surface area contributed by atoms with Gasteiger partial charge in [-0.2, -0.15) is 4.98 Å². The quantitative estimate of drug-likeness (QED) is 0.764. The average Bonchev–Trinajstić information content (AvgIpc) is 2.94. The molecule has 96 valence electrons. The molecule has 0 saturated carbocycles. The van der Waals surface area contributed by atoms with E-state index in [2.05, 4.69) is 25.6 Å². The summed E-state index contributed by atoms with van der Waals surface area (Å²) in [7, 11) is 1.82. The first-order chi connectivity index (χ1) is 9.36. The first-order valence-electron chi connectivity index (χ1n) is 5.92. The number of aromatic nitrogens is 3. The van der Waals surface area contributed by atoms with Gasteiger partial charge in [0, 0.05) is 26.0 Å². The molecule has 0 fully saturated rings. The summed E-state index contributed by atoms with van der Waals surface area (Å²) in [6, 6.07) is 5.99. The smallest absolute Gasteiger partial charge is 0.225 e. The summed E-state index contributed by atoms with van der Waals surface area (Å²) in [6.07, 6.45) is 3.61. The first kappa shape index (κ1) is 11.9. The molecule has 6 heteroatoms. The number of thiophene rings is 1. The Morgan fingerprint density at radius 3 is 3.00 bits per heavy atom. The zero-order chi connectivity index (χ0) is 13.1. The summed E-state index contributed by atoms with van der Waals surface area (Å²) in [5.41, 5.74) is 1.12. The van der Waals surface area contributed by atoms with Gasteiger partial charge in [-0.25, -0.2) is 4.98 Å². The Kier molecular flexibility index (Phi) is 3.24. The van der Waals surface area contributed by atoms with E-state index in [0.29, 0.717) is 12.5 Å². The van der Waals surface area contributed by atoms with Gasteiger partial charge in [-0.05, 0) is 23.1 Å². The monoisotopic (exact) mass is 271 g/mol. The van der Waals surface area contributed by atoms with Crippen LogP contribution in [0.1, 0.15) is 5.56 Å². The minimum atomic E-state index is 0.628. The highest BCUT2D eigenvalue weighted by molar-refractivity contribution is 7.16. The van der Waals surface area contributed by atoms with E-state index >= 15 is 0 Å². The third kappa shape index (κ3) is 2.48. The molecule has 0 bridgehead atoms. The number of hydrogen-bond donors (Lipinski definition) is 2. The molecule has 0 unspecified atom stereocenters. The van der Waals surface area contributed by atoms with Crippen LogP contribution in [-0.2, 0) is 6.54 Å². The maximum Gasteiger partial charge on any atom is 0.225 e. The maximum absolute atomic E-state index is 4.46. The van der Waals surface area contributed by atoms with Crippen molar-refractivity contribution >= 4 is 33.3 Å². The van der Waals surface area contributed by atoms with E-state index in [1.165, 1.54) is 0 Å². The largest absolute Gasteiger partial charge is 0.365 e. The number of pyridine rings is 1. The van der Waals surface area contributed by atoms with E-state index in [-0.39, 0.29) is 0 Å². The fourth-order valence-electron chi connectivity index (χ4n) is 1.79. The van der Waals surface area contributed by atoms with E-state index in [4.69, 9.17) is 0 Å². The highest BCUT2D eigenvalue weighted by Crippen LogP contribution is 2.26. The Hall–Kier alpha value is -2.21. The van der Waals surface area contributed by atoms with E-state index in [1.54, 1.807) is 17.5 Å². The molecule has 0 aromatic carbocycles. The molecule has 19 heavy (non-hydrogen) atoms. The first-order valence-corrected chi connectivity index (χ1v) is 6.80. The maximum atomic E-state index is 4.46. The van der Waals surface area contributed by atoms with Crippen molar-refractivity contribution < 1.29 is 0 Å². The van der Waals surface area contributed by atoms with Crippen molar-refractivity contribution in [3.05, 3.63) is 41.5 Å². The minimum absolute atomic E-state index is 0.628. The predicted molar refractivity (Wildman–Crippen MR) is 78.5 cm³/mol. The molecule has 0 aliphatic rings. The molecule has 5 nitrogen and oxygen atoms in total. The van der Waals surface area contributed by atoms with Crippen molar-refractivity contribution in [2.24, 2.45) is 0 Å². The van der Waals surface area contributed by atoms with Gasteiger partial charge in [-0.3, -0.25) is 4.98 Å². The highest BCUT2D eigenvalue weighted by Gasteiger charge is 2.07. The van der Waals surface area contributed by atoms with Gasteiger partial charge < -0.3 is 10.6 Å². The lowest BCUT2D eigenvalue weighted by atomic mass is 10.3.